The highest BCUT2D eigenvalue weighted by molar-refractivity contribution is 9.10. The topological polar surface area (TPSA) is 59.8 Å². The number of hydrogen-bond acceptors (Lipinski definition) is 3. The second-order valence-corrected chi connectivity index (χ2v) is 4.88. The van der Waals surface area contributed by atoms with Gasteiger partial charge in [0, 0.05) is 6.54 Å². The van der Waals surface area contributed by atoms with E-state index >= 15 is 0 Å². The molecule has 0 aliphatic heterocycles. The summed E-state index contributed by atoms with van der Waals surface area (Å²) < 4.78 is 1.90. The van der Waals surface area contributed by atoms with E-state index in [1.165, 1.54) is 0 Å². The lowest BCUT2D eigenvalue weighted by atomic mass is 10.1. The second kappa shape index (κ2) is 5.98. The van der Waals surface area contributed by atoms with Crippen LogP contribution >= 0.6 is 15.9 Å². The first-order valence-electron chi connectivity index (χ1n) is 5.34. The van der Waals surface area contributed by atoms with E-state index in [4.69, 9.17) is 0 Å². The van der Waals surface area contributed by atoms with E-state index in [1.54, 1.807) is 6.33 Å². The predicted octanol–water partition coefficient (Wildman–Crippen LogP) is 1.33. The van der Waals surface area contributed by atoms with Crippen molar-refractivity contribution in [1.29, 1.82) is 0 Å². The third-order valence-electron chi connectivity index (χ3n) is 2.29. The van der Waals surface area contributed by atoms with Crippen molar-refractivity contribution in [3.05, 3.63) is 12.2 Å². The lowest BCUT2D eigenvalue weighted by Gasteiger charge is -2.13. The molecule has 16 heavy (non-hydrogen) atoms. The summed E-state index contributed by atoms with van der Waals surface area (Å²) in [4.78, 5) is 11.5. The first-order chi connectivity index (χ1) is 7.56. The van der Waals surface area contributed by atoms with Gasteiger partial charge < -0.3 is 9.88 Å². The number of rotatable bonds is 5. The minimum atomic E-state index is -0.162. The lowest BCUT2D eigenvalue weighted by molar-refractivity contribution is -0.121. The van der Waals surface area contributed by atoms with Gasteiger partial charge >= 0.3 is 0 Å². The monoisotopic (exact) mass is 288 g/mol. The highest BCUT2D eigenvalue weighted by Crippen LogP contribution is 2.11. The Kier molecular flexibility index (Phi) is 4.92. The van der Waals surface area contributed by atoms with Crippen LogP contribution in [0.15, 0.2) is 6.33 Å². The largest absolute Gasteiger partial charge is 0.348 e. The van der Waals surface area contributed by atoms with Gasteiger partial charge in [0.05, 0.1) is 11.4 Å². The zero-order chi connectivity index (χ0) is 12.1. The molecular weight excluding hydrogens is 272 g/mol. The number of aromatic nitrogens is 3. The summed E-state index contributed by atoms with van der Waals surface area (Å²) in [6.07, 6.45) is 1.66. The zero-order valence-electron chi connectivity index (χ0n) is 9.77. The maximum Gasteiger partial charge on any atom is 0.234 e. The fourth-order valence-electron chi connectivity index (χ4n) is 1.25. The molecule has 1 N–H and O–H groups in total. The minimum absolute atomic E-state index is 0.0133. The Hall–Kier alpha value is -0.910. The van der Waals surface area contributed by atoms with Crippen molar-refractivity contribution < 1.29 is 4.79 Å². The summed E-state index contributed by atoms with van der Waals surface area (Å²) in [5, 5.41) is 10.6. The number of nitrogens with one attached hydrogen (secondary N) is 1. The number of hydrogen-bond donors (Lipinski definition) is 1. The fourth-order valence-corrected chi connectivity index (χ4v) is 1.41. The van der Waals surface area contributed by atoms with Gasteiger partial charge in [0.15, 0.2) is 5.82 Å². The summed E-state index contributed by atoms with van der Waals surface area (Å²) >= 11 is 3.35. The molecule has 0 radical (unpaired) electrons. The first kappa shape index (κ1) is 13.2. The molecule has 0 saturated heterocycles. The zero-order valence-corrected chi connectivity index (χ0v) is 11.4. The molecule has 1 aromatic heterocycles. The molecule has 1 heterocycles. The van der Waals surface area contributed by atoms with Gasteiger partial charge in [0.1, 0.15) is 6.33 Å². The Bertz CT molecular complexity index is 350. The van der Waals surface area contributed by atoms with E-state index in [9.17, 15) is 4.79 Å². The quantitative estimate of drug-likeness (QED) is 0.832. The standard InChI is InChI=1S/C10H17BrN4O/c1-4-15-6-13-14-8(15)5-12-10(16)9(11)7(2)3/h6-7,9H,4-5H2,1-3H3,(H,12,16). The maximum atomic E-state index is 11.7. The minimum Gasteiger partial charge on any atom is -0.348 e. The summed E-state index contributed by atoms with van der Waals surface area (Å²) in [6, 6.07) is 0. The van der Waals surface area contributed by atoms with E-state index < -0.39 is 0 Å². The molecule has 0 aliphatic carbocycles. The maximum absolute atomic E-state index is 11.7. The molecule has 0 saturated carbocycles. The number of alkyl halides is 1. The molecule has 1 unspecified atom stereocenters. The number of halogens is 1. The van der Waals surface area contributed by atoms with Crippen molar-refractivity contribution in [2.75, 3.05) is 0 Å². The van der Waals surface area contributed by atoms with E-state index in [1.807, 2.05) is 25.3 Å². The first-order valence-corrected chi connectivity index (χ1v) is 6.26. The summed E-state index contributed by atoms with van der Waals surface area (Å²) in [5.74, 6) is 1.03. The van der Waals surface area contributed by atoms with Crippen LogP contribution in [-0.2, 0) is 17.9 Å². The molecule has 5 nitrogen and oxygen atoms in total. The van der Waals surface area contributed by atoms with Crippen molar-refractivity contribution in [2.45, 2.75) is 38.7 Å². The van der Waals surface area contributed by atoms with E-state index in [2.05, 4.69) is 31.4 Å². The fraction of sp³-hybridized carbons (Fsp3) is 0.700. The Morgan fingerprint density at radius 1 is 1.62 bits per heavy atom. The average molecular weight is 289 g/mol. The summed E-state index contributed by atoms with van der Waals surface area (Å²) in [5.41, 5.74) is 0. The summed E-state index contributed by atoms with van der Waals surface area (Å²) in [7, 11) is 0. The second-order valence-electron chi connectivity index (χ2n) is 3.90. The van der Waals surface area contributed by atoms with Crippen LogP contribution in [0.5, 0.6) is 0 Å². The van der Waals surface area contributed by atoms with Crippen molar-refractivity contribution in [1.82, 2.24) is 20.1 Å². The van der Waals surface area contributed by atoms with E-state index in [0.29, 0.717) is 6.54 Å². The summed E-state index contributed by atoms with van der Waals surface area (Å²) in [6.45, 7) is 7.22. The van der Waals surface area contributed by atoms with Crippen molar-refractivity contribution >= 4 is 21.8 Å². The van der Waals surface area contributed by atoms with Crippen LogP contribution in [0, 0.1) is 5.92 Å². The third kappa shape index (κ3) is 3.30. The molecule has 0 spiro atoms. The molecule has 1 atom stereocenters. The Labute approximate surface area is 104 Å². The van der Waals surface area contributed by atoms with Gasteiger partial charge in [-0.3, -0.25) is 4.79 Å². The van der Waals surface area contributed by atoms with Crippen LogP contribution in [-0.4, -0.2) is 25.5 Å². The molecule has 0 fully saturated rings. The molecule has 0 bridgehead atoms. The van der Waals surface area contributed by atoms with Gasteiger partial charge in [-0.2, -0.15) is 0 Å². The Morgan fingerprint density at radius 2 is 2.31 bits per heavy atom. The molecule has 0 aliphatic rings. The van der Waals surface area contributed by atoms with Crippen molar-refractivity contribution in [3.63, 3.8) is 0 Å². The number of aryl methyl sites for hydroxylation is 1. The highest BCUT2D eigenvalue weighted by atomic mass is 79.9. The Balaban J connectivity index is 2.49. The molecular formula is C10H17BrN4O. The number of carbonyl (C=O) groups is 1. The normalized spacial score (nSPS) is 12.8. The predicted molar refractivity (Wildman–Crippen MR) is 65.1 cm³/mol. The van der Waals surface area contributed by atoms with Crippen LogP contribution in [0.3, 0.4) is 0 Å². The van der Waals surface area contributed by atoms with Crippen molar-refractivity contribution in [3.8, 4) is 0 Å². The van der Waals surface area contributed by atoms with E-state index in [0.717, 1.165) is 12.4 Å². The van der Waals surface area contributed by atoms with Crippen LogP contribution in [0.4, 0.5) is 0 Å². The Morgan fingerprint density at radius 3 is 2.88 bits per heavy atom. The number of amides is 1. The average Bonchev–Trinajstić information content (AvgIpc) is 2.71. The molecule has 6 heteroatoms. The van der Waals surface area contributed by atoms with Crippen LogP contribution < -0.4 is 5.32 Å². The van der Waals surface area contributed by atoms with Gasteiger partial charge in [-0.15, -0.1) is 10.2 Å². The smallest absolute Gasteiger partial charge is 0.234 e. The van der Waals surface area contributed by atoms with Gasteiger partial charge in [0.2, 0.25) is 5.91 Å². The van der Waals surface area contributed by atoms with Gasteiger partial charge in [-0.25, -0.2) is 0 Å². The third-order valence-corrected chi connectivity index (χ3v) is 3.77. The molecule has 90 valence electrons. The van der Waals surface area contributed by atoms with Crippen LogP contribution in [0.25, 0.3) is 0 Å². The molecule has 1 amide bonds. The SMILES string of the molecule is CCn1cnnc1CNC(=O)C(Br)C(C)C. The number of carbonyl (C=O) groups excluding carboxylic acids is 1. The molecule has 0 aromatic carbocycles. The van der Waals surface area contributed by atoms with E-state index in [-0.39, 0.29) is 16.7 Å². The van der Waals surface area contributed by atoms with Gasteiger partial charge in [-0.05, 0) is 12.8 Å². The highest BCUT2D eigenvalue weighted by Gasteiger charge is 2.18. The molecule has 1 aromatic rings. The van der Waals surface area contributed by atoms with Crippen molar-refractivity contribution in [2.24, 2.45) is 5.92 Å². The van der Waals surface area contributed by atoms with Gasteiger partial charge in [0.25, 0.3) is 0 Å². The van der Waals surface area contributed by atoms with Crippen LogP contribution in [0.1, 0.15) is 26.6 Å². The lowest BCUT2D eigenvalue weighted by Crippen LogP contribution is -2.34. The van der Waals surface area contributed by atoms with Gasteiger partial charge in [-0.1, -0.05) is 29.8 Å². The van der Waals surface area contributed by atoms with Crippen LogP contribution in [0.2, 0.25) is 0 Å². The number of nitrogens with zero attached hydrogens (tertiary/aromatic N) is 3. The molecule has 1 rings (SSSR count).